The molecule has 3 rings (SSSR count). The summed E-state index contributed by atoms with van der Waals surface area (Å²) < 4.78 is 41.6. The van der Waals surface area contributed by atoms with Gasteiger partial charge in [-0.2, -0.15) is 0 Å². The first kappa shape index (κ1) is 18.9. The molecule has 5 heteroatoms. The first-order chi connectivity index (χ1) is 12.6. The Kier molecular flexibility index (Phi) is 6.33. The van der Waals surface area contributed by atoms with E-state index in [-0.39, 0.29) is 11.1 Å². The standard InChI is InChI=1S/C21H25F3N2/c1-15-19(22)13-18(21(24)20(15)23)17-7-5-16(6-8-17)14-25-9-12-26-10-3-2-4-11-26/h5-8,13,25H,2-4,9-12,14H2,1H3. The fourth-order valence-corrected chi connectivity index (χ4v) is 3.35. The Morgan fingerprint density at radius 3 is 2.35 bits per heavy atom. The molecule has 0 spiro atoms. The van der Waals surface area contributed by atoms with Crippen molar-refractivity contribution >= 4 is 0 Å². The van der Waals surface area contributed by atoms with E-state index in [0.29, 0.717) is 12.1 Å². The number of rotatable bonds is 6. The summed E-state index contributed by atoms with van der Waals surface area (Å²) in [4.78, 5) is 2.48. The van der Waals surface area contributed by atoms with Crippen molar-refractivity contribution in [2.24, 2.45) is 0 Å². The lowest BCUT2D eigenvalue weighted by Gasteiger charge is -2.26. The minimum absolute atomic E-state index is 0.0461. The first-order valence-corrected chi connectivity index (χ1v) is 9.23. The van der Waals surface area contributed by atoms with Crippen molar-refractivity contribution in [2.75, 3.05) is 26.2 Å². The molecular weight excluding hydrogens is 337 g/mol. The smallest absolute Gasteiger partial charge is 0.167 e. The molecule has 2 aromatic carbocycles. The van der Waals surface area contributed by atoms with Crippen molar-refractivity contribution in [1.82, 2.24) is 10.2 Å². The lowest BCUT2D eigenvalue weighted by molar-refractivity contribution is 0.229. The Bertz CT molecular complexity index is 738. The third-order valence-electron chi connectivity index (χ3n) is 5.04. The highest BCUT2D eigenvalue weighted by molar-refractivity contribution is 5.65. The third-order valence-corrected chi connectivity index (χ3v) is 5.04. The van der Waals surface area contributed by atoms with Crippen LogP contribution in [0.2, 0.25) is 0 Å². The largest absolute Gasteiger partial charge is 0.311 e. The Hall–Kier alpha value is -1.85. The van der Waals surface area contributed by atoms with Gasteiger partial charge in [0.1, 0.15) is 5.82 Å². The number of halogens is 3. The second kappa shape index (κ2) is 8.69. The molecule has 2 nitrogen and oxygen atoms in total. The molecule has 0 aromatic heterocycles. The van der Waals surface area contributed by atoms with Crippen LogP contribution in [0.15, 0.2) is 30.3 Å². The average Bonchev–Trinajstić information content (AvgIpc) is 2.68. The fourth-order valence-electron chi connectivity index (χ4n) is 3.35. The summed E-state index contributed by atoms with van der Waals surface area (Å²) >= 11 is 0. The van der Waals surface area contributed by atoms with E-state index in [1.54, 1.807) is 12.1 Å². The van der Waals surface area contributed by atoms with Crippen molar-refractivity contribution in [3.63, 3.8) is 0 Å². The van der Waals surface area contributed by atoms with Crippen LogP contribution in [-0.2, 0) is 6.54 Å². The second-order valence-corrected chi connectivity index (χ2v) is 6.93. The molecule has 1 heterocycles. The highest BCUT2D eigenvalue weighted by Gasteiger charge is 2.16. The number of nitrogens with zero attached hydrogens (tertiary/aromatic N) is 1. The van der Waals surface area contributed by atoms with Crippen LogP contribution in [0, 0.1) is 24.4 Å². The van der Waals surface area contributed by atoms with E-state index in [1.165, 1.54) is 39.3 Å². The van der Waals surface area contributed by atoms with Crippen LogP contribution in [0.3, 0.4) is 0 Å². The van der Waals surface area contributed by atoms with E-state index in [1.807, 2.05) is 12.1 Å². The van der Waals surface area contributed by atoms with Gasteiger partial charge in [0.25, 0.3) is 0 Å². The van der Waals surface area contributed by atoms with Crippen LogP contribution in [0.5, 0.6) is 0 Å². The molecule has 1 saturated heterocycles. The summed E-state index contributed by atoms with van der Waals surface area (Å²) in [5.74, 6) is -2.86. The lowest BCUT2D eigenvalue weighted by Crippen LogP contribution is -2.35. The van der Waals surface area contributed by atoms with Gasteiger partial charge in [0.05, 0.1) is 0 Å². The molecule has 140 valence electrons. The SMILES string of the molecule is Cc1c(F)cc(-c2ccc(CNCCN3CCCCC3)cc2)c(F)c1F. The van der Waals surface area contributed by atoms with Gasteiger partial charge < -0.3 is 10.2 Å². The first-order valence-electron chi connectivity index (χ1n) is 9.23. The van der Waals surface area contributed by atoms with E-state index in [2.05, 4.69) is 10.2 Å². The van der Waals surface area contributed by atoms with Crippen LogP contribution in [0.4, 0.5) is 13.2 Å². The predicted molar refractivity (Wildman–Crippen MR) is 98.5 cm³/mol. The predicted octanol–water partition coefficient (Wildman–Crippen LogP) is 4.65. The van der Waals surface area contributed by atoms with Crippen molar-refractivity contribution in [1.29, 1.82) is 0 Å². The summed E-state index contributed by atoms with van der Waals surface area (Å²) in [6.07, 6.45) is 3.92. The number of hydrogen-bond donors (Lipinski definition) is 1. The molecule has 26 heavy (non-hydrogen) atoms. The summed E-state index contributed by atoms with van der Waals surface area (Å²) in [5, 5.41) is 3.41. The van der Waals surface area contributed by atoms with Gasteiger partial charge in [-0.3, -0.25) is 0 Å². The lowest BCUT2D eigenvalue weighted by atomic mass is 10.0. The molecular formula is C21H25F3N2. The van der Waals surface area contributed by atoms with Gasteiger partial charge >= 0.3 is 0 Å². The third kappa shape index (κ3) is 4.46. The van der Waals surface area contributed by atoms with Crippen LogP contribution in [-0.4, -0.2) is 31.1 Å². The summed E-state index contributed by atoms with van der Waals surface area (Å²) in [6.45, 7) is 6.29. The van der Waals surface area contributed by atoms with Crippen molar-refractivity contribution < 1.29 is 13.2 Å². The Morgan fingerprint density at radius 2 is 1.65 bits per heavy atom. The monoisotopic (exact) mass is 362 g/mol. The highest BCUT2D eigenvalue weighted by atomic mass is 19.2. The summed E-state index contributed by atoms with van der Waals surface area (Å²) in [5.41, 5.74) is 1.19. The number of piperidine rings is 1. The van der Waals surface area contributed by atoms with Gasteiger partial charge in [0.2, 0.25) is 0 Å². The van der Waals surface area contributed by atoms with Gasteiger partial charge in [-0.1, -0.05) is 30.7 Å². The van der Waals surface area contributed by atoms with Gasteiger partial charge in [-0.25, -0.2) is 13.2 Å². The number of likely N-dealkylation sites (tertiary alicyclic amines) is 1. The normalized spacial score (nSPS) is 15.4. The topological polar surface area (TPSA) is 15.3 Å². The number of nitrogens with one attached hydrogen (secondary N) is 1. The Labute approximate surface area is 153 Å². The Balaban J connectivity index is 1.57. The molecule has 0 bridgehead atoms. The fraction of sp³-hybridized carbons (Fsp3) is 0.429. The average molecular weight is 362 g/mol. The second-order valence-electron chi connectivity index (χ2n) is 6.93. The number of benzene rings is 2. The zero-order valence-corrected chi connectivity index (χ0v) is 15.1. The van der Waals surface area contributed by atoms with Gasteiger partial charge in [0, 0.05) is 30.8 Å². The van der Waals surface area contributed by atoms with Crippen LogP contribution >= 0.6 is 0 Å². The maximum atomic E-state index is 14.1. The van der Waals surface area contributed by atoms with Crippen LogP contribution in [0.1, 0.15) is 30.4 Å². The van der Waals surface area contributed by atoms with E-state index < -0.39 is 17.5 Å². The minimum atomic E-state index is -1.12. The van der Waals surface area contributed by atoms with Gasteiger partial charge in [-0.15, -0.1) is 0 Å². The minimum Gasteiger partial charge on any atom is -0.311 e. The molecule has 1 aliphatic heterocycles. The molecule has 1 aliphatic rings. The van der Waals surface area contributed by atoms with Crippen molar-refractivity contribution in [2.45, 2.75) is 32.7 Å². The van der Waals surface area contributed by atoms with Crippen LogP contribution in [0.25, 0.3) is 11.1 Å². The van der Waals surface area contributed by atoms with Crippen molar-refractivity contribution in [3.8, 4) is 11.1 Å². The van der Waals surface area contributed by atoms with E-state index in [4.69, 9.17) is 0 Å². The van der Waals surface area contributed by atoms with Gasteiger partial charge in [0.15, 0.2) is 11.6 Å². The van der Waals surface area contributed by atoms with E-state index >= 15 is 0 Å². The molecule has 0 atom stereocenters. The zero-order chi connectivity index (χ0) is 18.5. The van der Waals surface area contributed by atoms with Gasteiger partial charge in [-0.05, 0) is 50.0 Å². The van der Waals surface area contributed by atoms with E-state index in [0.717, 1.165) is 24.7 Å². The number of hydrogen-bond acceptors (Lipinski definition) is 2. The zero-order valence-electron chi connectivity index (χ0n) is 15.1. The maximum absolute atomic E-state index is 14.1. The molecule has 0 unspecified atom stereocenters. The van der Waals surface area contributed by atoms with Crippen molar-refractivity contribution in [3.05, 3.63) is 58.9 Å². The molecule has 0 aliphatic carbocycles. The molecule has 1 N–H and O–H groups in total. The van der Waals surface area contributed by atoms with E-state index in [9.17, 15) is 13.2 Å². The Morgan fingerprint density at radius 1 is 0.962 bits per heavy atom. The quantitative estimate of drug-likeness (QED) is 0.594. The highest BCUT2D eigenvalue weighted by Crippen LogP contribution is 2.28. The molecule has 0 amide bonds. The molecule has 0 radical (unpaired) electrons. The summed E-state index contributed by atoms with van der Waals surface area (Å²) in [6, 6.07) is 8.18. The molecule has 2 aromatic rings. The molecule has 0 saturated carbocycles. The molecule has 1 fully saturated rings. The maximum Gasteiger partial charge on any atom is 0.167 e. The van der Waals surface area contributed by atoms with Crippen LogP contribution < -0.4 is 5.32 Å². The summed E-state index contributed by atoms with van der Waals surface area (Å²) in [7, 11) is 0.